The van der Waals surface area contributed by atoms with Gasteiger partial charge in [-0.1, -0.05) is 49.1 Å². The van der Waals surface area contributed by atoms with E-state index < -0.39 is 0 Å². The molecule has 1 fully saturated rings. The van der Waals surface area contributed by atoms with Crippen molar-refractivity contribution in [1.29, 1.82) is 0 Å². The Balaban J connectivity index is 0.000000168. The van der Waals surface area contributed by atoms with Crippen molar-refractivity contribution < 1.29 is 4.79 Å². The van der Waals surface area contributed by atoms with Gasteiger partial charge in [-0.15, -0.1) is 0 Å². The van der Waals surface area contributed by atoms with Crippen molar-refractivity contribution in [2.24, 2.45) is 0 Å². The minimum atomic E-state index is -0.0766. The quantitative estimate of drug-likeness (QED) is 0.545. The van der Waals surface area contributed by atoms with Crippen molar-refractivity contribution >= 4 is 34.1 Å². The highest BCUT2D eigenvalue weighted by Gasteiger charge is 2.15. The third-order valence-corrected chi connectivity index (χ3v) is 5.10. The predicted octanol–water partition coefficient (Wildman–Crippen LogP) is 6.58. The Labute approximate surface area is 165 Å². The van der Waals surface area contributed by atoms with E-state index in [4.69, 9.17) is 11.6 Å². The van der Waals surface area contributed by atoms with Crippen LogP contribution in [0.4, 0.5) is 5.69 Å². The van der Waals surface area contributed by atoms with Gasteiger partial charge in [-0.3, -0.25) is 9.78 Å². The third kappa shape index (κ3) is 5.80. The molecule has 0 bridgehead atoms. The summed E-state index contributed by atoms with van der Waals surface area (Å²) in [6.07, 6.45) is 8.96. The summed E-state index contributed by atoms with van der Waals surface area (Å²) in [5, 5.41) is 4.58. The second-order valence-corrected chi connectivity index (χ2v) is 7.42. The summed E-state index contributed by atoms with van der Waals surface area (Å²) in [6, 6.07) is 17.7. The largest absolute Gasteiger partial charge is 0.326 e. The second-order valence-electron chi connectivity index (χ2n) is 6.98. The van der Waals surface area contributed by atoms with E-state index in [1.165, 1.54) is 50.0 Å². The number of aromatic nitrogens is 1. The van der Waals surface area contributed by atoms with Crippen molar-refractivity contribution in [2.75, 3.05) is 5.32 Å². The lowest BCUT2D eigenvalue weighted by atomic mass is 9.84. The van der Waals surface area contributed by atoms with E-state index in [9.17, 15) is 4.79 Å². The summed E-state index contributed by atoms with van der Waals surface area (Å²) in [5.74, 6) is 0.679. The van der Waals surface area contributed by atoms with E-state index in [-0.39, 0.29) is 5.91 Å². The molecule has 4 heteroatoms. The molecule has 0 saturated heterocycles. The van der Waals surface area contributed by atoms with Gasteiger partial charge in [-0.25, -0.2) is 0 Å². The number of pyridine rings is 1. The molecule has 0 radical (unpaired) electrons. The molecule has 1 saturated carbocycles. The predicted molar refractivity (Wildman–Crippen MR) is 113 cm³/mol. The minimum absolute atomic E-state index is 0.0766. The number of amides is 1. The van der Waals surface area contributed by atoms with E-state index in [1.807, 2.05) is 0 Å². The number of benzene rings is 2. The summed E-state index contributed by atoms with van der Waals surface area (Å²) in [4.78, 5) is 15.1. The Kier molecular flexibility index (Phi) is 6.83. The molecule has 27 heavy (non-hydrogen) atoms. The van der Waals surface area contributed by atoms with Gasteiger partial charge >= 0.3 is 0 Å². The van der Waals surface area contributed by atoms with Crippen LogP contribution >= 0.6 is 11.6 Å². The molecule has 3 nitrogen and oxygen atoms in total. The van der Waals surface area contributed by atoms with Gasteiger partial charge in [0.05, 0.1) is 5.52 Å². The number of hydrogen-bond acceptors (Lipinski definition) is 2. The summed E-state index contributed by atoms with van der Waals surface area (Å²) in [6.45, 7) is 1.47. The van der Waals surface area contributed by atoms with Crippen molar-refractivity contribution in [3.8, 4) is 0 Å². The number of fused-ring (bicyclic) bond motifs is 1. The van der Waals surface area contributed by atoms with Crippen LogP contribution in [0.3, 0.4) is 0 Å². The molecule has 0 atom stereocenters. The molecule has 1 aromatic heterocycles. The number of hydrogen-bond donors (Lipinski definition) is 1. The van der Waals surface area contributed by atoms with Crippen LogP contribution in [0.5, 0.6) is 0 Å². The number of halogens is 1. The van der Waals surface area contributed by atoms with Gasteiger partial charge in [-0.2, -0.15) is 0 Å². The van der Waals surface area contributed by atoms with Crippen LogP contribution in [0.2, 0.25) is 5.02 Å². The van der Waals surface area contributed by atoms with Crippen LogP contribution in [-0.4, -0.2) is 10.9 Å². The average Bonchev–Trinajstić information content (AvgIpc) is 2.70. The van der Waals surface area contributed by atoms with Crippen molar-refractivity contribution in [3.05, 3.63) is 71.4 Å². The standard InChI is InChI=1S/C15H17N.C8H8ClNO/c1-2-6-12(7-3-1)14-10-13-8-4-5-9-15(13)16-11-14;1-6(11)10-8-4-2-7(9)3-5-8/h4-5,8-12H,1-3,6-7H2;2-5H,1H3,(H,10,11). The van der Waals surface area contributed by atoms with Crippen LogP contribution in [0.1, 0.15) is 50.5 Å². The number of nitrogens with zero attached hydrogens (tertiary/aromatic N) is 1. The van der Waals surface area contributed by atoms with Gasteiger partial charge in [-0.05, 0) is 60.7 Å². The smallest absolute Gasteiger partial charge is 0.221 e. The lowest BCUT2D eigenvalue weighted by Crippen LogP contribution is -2.04. The number of nitrogens with one attached hydrogen (secondary N) is 1. The lowest BCUT2D eigenvalue weighted by molar-refractivity contribution is -0.114. The summed E-state index contributed by atoms with van der Waals surface area (Å²) < 4.78 is 0. The molecule has 4 rings (SSSR count). The van der Waals surface area contributed by atoms with Gasteiger partial charge in [0.1, 0.15) is 0 Å². The van der Waals surface area contributed by atoms with E-state index in [2.05, 4.69) is 46.8 Å². The zero-order valence-electron chi connectivity index (χ0n) is 15.6. The first kappa shape index (κ1) is 19.4. The maximum Gasteiger partial charge on any atom is 0.221 e. The molecular weight excluding hydrogens is 356 g/mol. The SMILES string of the molecule is CC(=O)Nc1ccc(Cl)cc1.c1ccc2ncc(C3CCCCC3)cc2c1. The number of carbonyl (C=O) groups is 1. The molecule has 1 amide bonds. The zero-order valence-corrected chi connectivity index (χ0v) is 16.4. The Bertz CT molecular complexity index is 886. The first-order chi connectivity index (χ1) is 13.1. The topological polar surface area (TPSA) is 42.0 Å². The highest BCUT2D eigenvalue weighted by atomic mass is 35.5. The summed E-state index contributed by atoms with van der Waals surface area (Å²) in [7, 11) is 0. The number of carbonyl (C=O) groups excluding carboxylic acids is 1. The average molecular weight is 381 g/mol. The van der Waals surface area contributed by atoms with E-state index in [0.717, 1.165) is 17.1 Å². The fourth-order valence-corrected chi connectivity index (χ4v) is 3.61. The monoisotopic (exact) mass is 380 g/mol. The van der Waals surface area contributed by atoms with E-state index in [1.54, 1.807) is 24.3 Å². The molecule has 1 aliphatic carbocycles. The second kappa shape index (κ2) is 9.52. The minimum Gasteiger partial charge on any atom is -0.326 e. The Morgan fingerprint density at radius 2 is 1.74 bits per heavy atom. The molecule has 2 aromatic carbocycles. The maximum absolute atomic E-state index is 10.6. The highest BCUT2D eigenvalue weighted by molar-refractivity contribution is 6.30. The van der Waals surface area contributed by atoms with Gasteiger partial charge < -0.3 is 5.32 Å². The Hall–Kier alpha value is -2.39. The highest BCUT2D eigenvalue weighted by Crippen LogP contribution is 2.33. The van der Waals surface area contributed by atoms with Crippen LogP contribution in [0.15, 0.2) is 60.8 Å². The molecular formula is C23H25ClN2O. The Morgan fingerprint density at radius 1 is 1.04 bits per heavy atom. The van der Waals surface area contributed by atoms with Crippen LogP contribution in [-0.2, 0) is 4.79 Å². The number of rotatable bonds is 2. The van der Waals surface area contributed by atoms with Crippen molar-refractivity contribution in [3.63, 3.8) is 0 Å². The van der Waals surface area contributed by atoms with Crippen LogP contribution in [0, 0.1) is 0 Å². The van der Waals surface area contributed by atoms with Gasteiger partial charge in [0.15, 0.2) is 0 Å². The number of para-hydroxylation sites is 1. The van der Waals surface area contributed by atoms with Crippen LogP contribution in [0.25, 0.3) is 10.9 Å². The molecule has 1 heterocycles. The van der Waals surface area contributed by atoms with E-state index in [0.29, 0.717) is 5.02 Å². The molecule has 0 aliphatic heterocycles. The third-order valence-electron chi connectivity index (χ3n) is 4.85. The van der Waals surface area contributed by atoms with Crippen LogP contribution < -0.4 is 5.32 Å². The Morgan fingerprint density at radius 3 is 2.44 bits per heavy atom. The molecule has 1 N–H and O–H groups in total. The normalized spacial score (nSPS) is 14.3. The zero-order chi connectivity index (χ0) is 19.1. The summed E-state index contributed by atoms with van der Waals surface area (Å²) >= 11 is 5.64. The first-order valence-corrected chi connectivity index (χ1v) is 9.87. The number of anilines is 1. The fraction of sp³-hybridized carbons (Fsp3) is 0.304. The van der Waals surface area contributed by atoms with Gasteiger partial charge in [0.2, 0.25) is 5.91 Å². The van der Waals surface area contributed by atoms with Gasteiger partial charge in [0.25, 0.3) is 0 Å². The molecule has 1 aliphatic rings. The molecule has 3 aromatic rings. The van der Waals surface area contributed by atoms with Crippen molar-refractivity contribution in [1.82, 2.24) is 4.98 Å². The first-order valence-electron chi connectivity index (χ1n) is 9.49. The van der Waals surface area contributed by atoms with Crippen molar-refractivity contribution in [2.45, 2.75) is 44.9 Å². The van der Waals surface area contributed by atoms with Gasteiger partial charge in [0, 0.05) is 29.2 Å². The molecule has 0 spiro atoms. The maximum atomic E-state index is 10.6. The van der Waals surface area contributed by atoms with E-state index >= 15 is 0 Å². The fourth-order valence-electron chi connectivity index (χ4n) is 3.48. The summed E-state index contributed by atoms with van der Waals surface area (Å²) in [5.41, 5.74) is 3.32. The molecule has 0 unspecified atom stereocenters. The lowest BCUT2D eigenvalue weighted by Gasteiger charge is -2.21. The molecule has 140 valence electrons.